The van der Waals surface area contributed by atoms with Gasteiger partial charge in [-0.1, -0.05) is 35.3 Å². The normalized spacial score (nSPS) is 15.8. The third-order valence-corrected chi connectivity index (χ3v) is 5.45. The van der Waals surface area contributed by atoms with Gasteiger partial charge in [-0.15, -0.1) is 0 Å². The summed E-state index contributed by atoms with van der Waals surface area (Å²) in [6.07, 6.45) is 1.47. The number of likely N-dealkylation sites (tertiary alicyclic amines) is 1. The minimum Gasteiger partial charge on any atom is -0.326 e. The Morgan fingerprint density at radius 3 is 2.65 bits per heavy atom. The summed E-state index contributed by atoms with van der Waals surface area (Å²) in [5, 5.41) is 4.03. The second-order valence-electron chi connectivity index (χ2n) is 6.70. The van der Waals surface area contributed by atoms with Gasteiger partial charge in [-0.3, -0.25) is 9.69 Å². The van der Waals surface area contributed by atoms with Crippen molar-refractivity contribution in [1.82, 2.24) is 4.90 Å². The number of rotatable bonds is 4. The molecule has 0 bridgehead atoms. The molecule has 0 aromatic heterocycles. The first-order chi connectivity index (χ1) is 12.4. The zero-order chi connectivity index (χ0) is 18.7. The van der Waals surface area contributed by atoms with Gasteiger partial charge >= 0.3 is 0 Å². The van der Waals surface area contributed by atoms with Crippen molar-refractivity contribution in [2.45, 2.75) is 26.3 Å². The summed E-state index contributed by atoms with van der Waals surface area (Å²) in [7, 11) is 0. The summed E-state index contributed by atoms with van der Waals surface area (Å²) in [6.45, 7) is 3.87. The predicted molar refractivity (Wildman–Crippen MR) is 104 cm³/mol. The van der Waals surface area contributed by atoms with Gasteiger partial charge in [0, 0.05) is 33.8 Å². The molecule has 0 radical (unpaired) electrons. The Morgan fingerprint density at radius 1 is 1.23 bits per heavy atom. The second kappa shape index (κ2) is 8.38. The summed E-state index contributed by atoms with van der Waals surface area (Å²) >= 11 is 12.1. The molecule has 0 atom stereocenters. The summed E-state index contributed by atoms with van der Waals surface area (Å²) < 4.78 is 13.9. The van der Waals surface area contributed by atoms with E-state index in [2.05, 4.69) is 10.2 Å². The lowest BCUT2D eigenvalue weighted by molar-refractivity contribution is -0.121. The van der Waals surface area contributed by atoms with Gasteiger partial charge in [0.15, 0.2) is 0 Å². The largest absolute Gasteiger partial charge is 0.326 e. The number of halogens is 3. The van der Waals surface area contributed by atoms with Crippen molar-refractivity contribution in [3.05, 3.63) is 63.4 Å². The standard InChI is InChI=1S/C20H21Cl2FN2O/c1-13-5-6-15(21)11-19(13)24-20(26)14-7-9-25(10-8-14)12-16-17(22)3-2-4-18(16)23/h2-6,11,14H,7-10,12H2,1H3,(H,24,26). The van der Waals surface area contributed by atoms with Crippen molar-refractivity contribution in [2.75, 3.05) is 18.4 Å². The number of piperidine rings is 1. The highest BCUT2D eigenvalue weighted by molar-refractivity contribution is 6.31. The van der Waals surface area contributed by atoms with Crippen LogP contribution in [0.1, 0.15) is 24.0 Å². The Balaban J connectivity index is 1.56. The number of anilines is 1. The average molecular weight is 395 g/mol. The molecule has 2 aromatic rings. The smallest absolute Gasteiger partial charge is 0.227 e. The summed E-state index contributed by atoms with van der Waals surface area (Å²) in [6, 6.07) is 10.2. The van der Waals surface area contributed by atoms with Crippen molar-refractivity contribution in [3.8, 4) is 0 Å². The number of carbonyl (C=O) groups excluding carboxylic acids is 1. The average Bonchev–Trinajstić information content (AvgIpc) is 2.62. The lowest BCUT2D eigenvalue weighted by Gasteiger charge is -2.31. The van der Waals surface area contributed by atoms with Crippen LogP contribution in [-0.2, 0) is 11.3 Å². The molecule has 1 aliphatic rings. The van der Waals surface area contributed by atoms with E-state index < -0.39 is 0 Å². The molecule has 0 aliphatic carbocycles. The lowest BCUT2D eigenvalue weighted by Crippen LogP contribution is -2.38. The van der Waals surface area contributed by atoms with Crippen LogP contribution < -0.4 is 5.32 Å². The van der Waals surface area contributed by atoms with Gasteiger partial charge in [0.1, 0.15) is 5.82 Å². The van der Waals surface area contributed by atoms with E-state index in [0.717, 1.165) is 37.2 Å². The fraction of sp³-hybridized carbons (Fsp3) is 0.350. The second-order valence-corrected chi connectivity index (χ2v) is 7.54. The molecule has 1 fully saturated rings. The highest BCUT2D eigenvalue weighted by Gasteiger charge is 2.26. The Morgan fingerprint density at radius 2 is 1.96 bits per heavy atom. The SMILES string of the molecule is Cc1ccc(Cl)cc1NC(=O)C1CCN(Cc2c(F)cccc2Cl)CC1. The molecular weight excluding hydrogens is 374 g/mol. The fourth-order valence-electron chi connectivity index (χ4n) is 3.22. The number of amides is 1. The molecule has 26 heavy (non-hydrogen) atoms. The Kier molecular flexibility index (Phi) is 6.17. The van der Waals surface area contributed by atoms with Crippen LogP contribution in [0, 0.1) is 18.7 Å². The van der Waals surface area contributed by atoms with Gasteiger partial charge in [-0.05, 0) is 62.7 Å². The monoisotopic (exact) mass is 394 g/mol. The van der Waals surface area contributed by atoms with E-state index in [1.165, 1.54) is 6.07 Å². The summed E-state index contributed by atoms with van der Waals surface area (Å²) in [5.74, 6) is -0.325. The van der Waals surface area contributed by atoms with Gasteiger partial charge in [0.05, 0.1) is 0 Å². The Labute approximate surface area is 163 Å². The molecule has 1 amide bonds. The molecule has 138 valence electrons. The van der Waals surface area contributed by atoms with Crippen molar-refractivity contribution < 1.29 is 9.18 Å². The van der Waals surface area contributed by atoms with Gasteiger partial charge in [-0.2, -0.15) is 0 Å². The minimum atomic E-state index is -0.284. The number of aryl methyl sites for hydroxylation is 1. The number of benzene rings is 2. The van der Waals surface area contributed by atoms with Crippen LogP contribution in [0.25, 0.3) is 0 Å². The number of hydrogen-bond donors (Lipinski definition) is 1. The highest BCUT2D eigenvalue weighted by atomic mass is 35.5. The lowest BCUT2D eigenvalue weighted by atomic mass is 9.95. The maximum atomic E-state index is 13.9. The van der Waals surface area contributed by atoms with Gasteiger partial charge in [0.25, 0.3) is 0 Å². The summed E-state index contributed by atoms with van der Waals surface area (Å²) in [5.41, 5.74) is 2.25. The number of nitrogens with zero attached hydrogens (tertiary/aromatic N) is 1. The number of carbonyl (C=O) groups is 1. The van der Waals surface area contributed by atoms with E-state index >= 15 is 0 Å². The third-order valence-electron chi connectivity index (χ3n) is 4.86. The van der Waals surface area contributed by atoms with Crippen LogP contribution in [-0.4, -0.2) is 23.9 Å². The molecule has 0 spiro atoms. The summed E-state index contributed by atoms with van der Waals surface area (Å²) in [4.78, 5) is 14.7. The zero-order valence-electron chi connectivity index (χ0n) is 14.6. The molecular formula is C20H21Cl2FN2O. The maximum Gasteiger partial charge on any atom is 0.227 e. The Hall–Kier alpha value is -1.62. The number of nitrogens with one attached hydrogen (secondary N) is 1. The zero-order valence-corrected chi connectivity index (χ0v) is 16.1. The van der Waals surface area contributed by atoms with Gasteiger partial charge < -0.3 is 5.32 Å². The molecule has 1 N–H and O–H groups in total. The molecule has 2 aromatic carbocycles. The third kappa shape index (κ3) is 4.56. The van der Waals surface area contributed by atoms with Gasteiger partial charge in [-0.25, -0.2) is 4.39 Å². The topological polar surface area (TPSA) is 32.3 Å². The van der Waals surface area contributed by atoms with Crippen molar-refractivity contribution >= 4 is 34.8 Å². The van der Waals surface area contributed by atoms with E-state index in [1.54, 1.807) is 24.3 Å². The maximum absolute atomic E-state index is 13.9. The first kappa shape index (κ1) is 19.2. The van der Waals surface area contributed by atoms with Crippen molar-refractivity contribution in [2.24, 2.45) is 5.92 Å². The number of hydrogen-bond acceptors (Lipinski definition) is 2. The predicted octanol–water partition coefficient (Wildman–Crippen LogP) is 5.29. The van der Waals surface area contributed by atoms with E-state index in [-0.39, 0.29) is 17.6 Å². The molecule has 3 nitrogen and oxygen atoms in total. The fourth-order valence-corrected chi connectivity index (χ4v) is 3.62. The molecule has 6 heteroatoms. The van der Waals surface area contributed by atoms with Gasteiger partial charge in [0.2, 0.25) is 5.91 Å². The van der Waals surface area contributed by atoms with E-state index in [4.69, 9.17) is 23.2 Å². The first-order valence-corrected chi connectivity index (χ1v) is 9.42. The van der Waals surface area contributed by atoms with Crippen LogP contribution in [0.4, 0.5) is 10.1 Å². The molecule has 1 saturated heterocycles. The van der Waals surface area contributed by atoms with Crippen LogP contribution in [0.15, 0.2) is 36.4 Å². The first-order valence-electron chi connectivity index (χ1n) is 8.66. The highest BCUT2D eigenvalue weighted by Crippen LogP contribution is 2.26. The van der Waals surface area contributed by atoms with Crippen molar-refractivity contribution in [1.29, 1.82) is 0 Å². The van der Waals surface area contributed by atoms with E-state index in [0.29, 0.717) is 22.2 Å². The molecule has 1 heterocycles. The minimum absolute atomic E-state index is 0.0129. The quantitative estimate of drug-likeness (QED) is 0.763. The van der Waals surface area contributed by atoms with E-state index in [1.807, 2.05) is 13.0 Å². The molecule has 0 unspecified atom stereocenters. The van der Waals surface area contributed by atoms with Crippen molar-refractivity contribution in [3.63, 3.8) is 0 Å². The van der Waals surface area contributed by atoms with Crippen LogP contribution in [0.5, 0.6) is 0 Å². The van der Waals surface area contributed by atoms with Crippen LogP contribution >= 0.6 is 23.2 Å². The molecule has 0 saturated carbocycles. The molecule has 3 rings (SSSR count). The van der Waals surface area contributed by atoms with Crippen LogP contribution in [0.3, 0.4) is 0 Å². The Bertz CT molecular complexity index is 784. The van der Waals surface area contributed by atoms with E-state index in [9.17, 15) is 9.18 Å². The molecule has 1 aliphatic heterocycles. The van der Waals surface area contributed by atoms with Crippen LogP contribution in [0.2, 0.25) is 10.0 Å².